The van der Waals surface area contributed by atoms with Crippen LogP contribution >= 0.6 is 0 Å². The van der Waals surface area contributed by atoms with E-state index < -0.39 is 10.1 Å². The van der Waals surface area contributed by atoms with Gasteiger partial charge < -0.3 is 0 Å². The van der Waals surface area contributed by atoms with Gasteiger partial charge in [-0.05, 0) is 129 Å². The maximum atomic E-state index is 13.0. The lowest BCUT2D eigenvalue weighted by molar-refractivity contribution is -0.0523. The van der Waals surface area contributed by atoms with Crippen LogP contribution in [-0.4, -0.2) is 14.5 Å². The summed E-state index contributed by atoms with van der Waals surface area (Å²) in [6, 6.07) is 7.01. The van der Waals surface area contributed by atoms with Crippen LogP contribution in [0.1, 0.15) is 105 Å². The first kappa shape index (κ1) is 30.1. The Labute approximate surface area is 245 Å². The maximum Gasteiger partial charge on any atom is 0.297 e. The molecule has 0 aromatic heterocycles. The van der Waals surface area contributed by atoms with Crippen LogP contribution in [0.25, 0.3) is 0 Å². The zero-order valence-corrected chi connectivity index (χ0v) is 27.0. The van der Waals surface area contributed by atoms with Crippen LogP contribution in [0, 0.1) is 59.2 Å². The summed E-state index contributed by atoms with van der Waals surface area (Å²) < 4.78 is 31.9. The molecule has 0 bridgehead atoms. The molecule has 3 saturated carbocycles. The SMILES string of the molecule is CC[C@H](/C=C\[C@@H](C)[C@H]1CC[C@H]2[C@@H]3CC=C4C[C@@H](OS(=O)(=O)c5ccc(C)cc5)CC[C@]4(C)[C@H]3CC[C@]12C)C(C)C. The van der Waals surface area contributed by atoms with Gasteiger partial charge in [0.25, 0.3) is 10.1 Å². The topological polar surface area (TPSA) is 43.4 Å². The van der Waals surface area contributed by atoms with Crippen LogP contribution in [0.15, 0.2) is 53.0 Å². The van der Waals surface area contributed by atoms with Crippen LogP contribution in [-0.2, 0) is 14.3 Å². The predicted octanol–water partition coefficient (Wildman–Crippen LogP) is 9.52. The van der Waals surface area contributed by atoms with Crippen molar-refractivity contribution in [3.8, 4) is 0 Å². The fourth-order valence-corrected chi connectivity index (χ4v) is 10.9. The highest BCUT2D eigenvalue weighted by Crippen LogP contribution is 2.67. The van der Waals surface area contributed by atoms with E-state index in [2.05, 4.69) is 59.8 Å². The average molecular weight is 567 g/mol. The summed E-state index contributed by atoms with van der Waals surface area (Å²) in [5, 5.41) is 0. The lowest BCUT2D eigenvalue weighted by Gasteiger charge is -2.58. The van der Waals surface area contributed by atoms with Crippen molar-refractivity contribution in [1.82, 2.24) is 0 Å². The summed E-state index contributed by atoms with van der Waals surface area (Å²) in [6.07, 6.45) is 17.8. The maximum absolute atomic E-state index is 13.0. The van der Waals surface area contributed by atoms with Crippen LogP contribution in [0.4, 0.5) is 0 Å². The van der Waals surface area contributed by atoms with E-state index in [1.165, 1.54) is 37.7 Å². The number of fused-ring (bicyclic) bond motifs is 5. The molecular weight excluding hydrogens is 512 g/mol. The smallest absolute Gasteiger partial charge is 0.263 e. The zero-order valence-electron chi connectivity index (χ0n) is 26.2. The summed E-state index contributed by atoms with van der Waals surface area (Å²) in [5.74, 6) is 5.13. The molecule has 0 saturated heterocycles. The van der Waals surface area contributed by atoms with Crippen LogP contribution in [0.5, 0.6) is 0 Å². The molecule has 0 N–H and O–H groups in total. The quantitative estimate of drug-likeness (QED) is 0.232. The van der Waals surface area contributed by atoms with Crippen LogP contribution in [0.2, 0.25) is 0 Å². The molecule has 0 spiro atoms. The van der Waals surface area contributed by atoms with Gasteiger partial charge in [-0.1, -0.05) is 83.0 Å². The largest absolute Gasteiger partial charge is 0.297 e. The number of benzene rings is 1. The van der Waals surface area contributed by atoms with Crippen molar-refractivity contribution >= 4 is 10.1 Å². The molecule has 4 aliphatic carbocycles. The molecule has 0 unspecified atom stereocenters. The van der Waals surface area contributed by atoms with Gasteiger partial charge in [-0.2, -0.15) is 8.42 Å². The summed E-state index contributed by atoms with van der Waals surface area (Å²) in [4.78, 5) is 0.268. The monoisotopic (exact) mass is 566 g/mol. The van der Waals surface area contributed by atoms with Crippen molar-refractivity contribution in [3.05, 3.63) is 53.6 Å². The minimum atomic E-state index is -3.74. The number of hydrogen-bond donors (Lipinski definition) is 0. The van der Waals surface area contributed by atoms with E-state index >= 15 is 0 Å². The first-order valence-corrected chi connectivity index (χ1v) is 17.7. The van der Waals surface area contributed by atoms with Crippen molar-refractivity contribution in [1.29, 1.82) is 0 Å². The highest BCUT2D eigenvalue weighted by molar-refractivity contribution is 7.86. The second-order valence-corrected chi connectivity index (χ2v) is 16.3. The lowest BCUT2D eigenvalue weighted by atomic mass is 9.47. The van der Waals surface area contributed by atoms with E-state index in [0.717, 1.165) is 54.9 Å². The van der Waals surface area contributed by atoms with Crippen molar-refractivity contribution < 1.29 is 12.6 Å². The molecule has 0 aliphatic heterocycles. The minimum absolute atomic E-state index is 0.187. The molecule has 0 amide bonds. The number of rotatable bonds is 8. The van der Waals surface area contributed by atoms with E-state index in [4.69, 9.17) is 4.18 Å². The summed E-state index contributed by atoms with van der Waals surface area (Å²) in [5.41, 5.74) is 3.15. The average Bonchev–Trinajstić information content (AvgIpc) is 3.26. The Hall–Kier alpha value is -1.39. The van der Waals surface area contributed by atoms with Gasteiger partial charge in [-0.15, -0.1) is 0 Å². The van der Waals surface area contributed by atoms with E-state index in [-0.39, 0.29) is 16.4 Å². The summed E-state index contributed by atoms with van der Waals surface area (Å²) >= 11 is 0. The van der Waals surface area contributed by atoms with Crippen molar-refractivity contribution in [2.24, 2.45) is 52.3 Å². The number of aryl methyl sites for hydroxylation is 1. The molecule has 1 aromatic carbocycles. The Morgan fingerprint density at radius 3 is 2.38 bits per heavy atom. The Bertz CT molecular complexity index is 1210. The lowest BCUT2D eigenvalue weighted by Crippen LogP contribution is -2.51. The molecule has 222 valence electrons. The van der Waals surface area contributed by atoms with Gasteiger partial charge in [-0.25, -0.2) is 0 Å². The molecule has 5 rings (SSSR count). The Morgan fingerprint density at radius 1 is 0.975 bits per heavy atom. The molecule has 1 aromatic rings. The van der Waals surface area contributed by atoms with Gasteiger partial charge in [0.05, 0.1) is 11.0 Å². The first-order chi connectivity index (χ1) is 18.9. The summed E-state index contributed by atoms with van der Waals surface area (Å²) in [7, 11) is -3.74. The van der Waals surface area contributed by atoms with Gasteiger partial charge in [0.2, 0.25) is 0 Å². The molecule has 3 nitrogen and oxygen atoms in total. The normalized spacial score (nSPS) is 37.5. The van der Waals surface area contributed by atoms with E-state index in [9.17, 15) is 8.42 Å². The highest BCUT2D eigenvalue weighted by atomic mass is 32.2. The molecule has 4 aliphatic rings. The number of allylic oxidation sites excluding steroid dienone is 3. The van der Waals surface area contributed by atoms with Crippen LogP contribution < -0.4 is 0 Å². The third-order valence-electron chi connectivity index (χ3n) is 12.3. The molecule has 0 heterocycles. The van der Waals surface area contributed by atoms with Gasteiger partial charge in [0.15, 0.2) is 0 Å². The van der Waals surface area contributed by atoms with Gasteiger partial charge >= 0.3 is 0 Å². The Kier molecular flexibility index (Phi) is 8.54. The minimum Gasteiger partial charge on any atom is -0.263 e. The van der Waals surface area contributed by atoms with Crippen LogP contribution in [0.3, 0.4) is 0 Å². The van der Waals surface area contributed by atoms with Gasteiger partial charge in [0.1, 0.15) is 0 Å². The van der Waals surface area contributed by atoms with Crippen molar-refractivity contribution in [3.63, 3.8) is 0 Å². The van der Waals surface area contributed by atoms with Crippen molar-refractivity contribution in [2.75, 3.05) is 0 Å². The second-order valence-electron chi connectivity index (χ2n) is 14.8. The Morgan fingerprint density at radius 2 is 1.70 bits per heavy atom. The molecular formula is C36H54O3S. The van der Waals surface area contributed by atoms with Gasteiger partial charge in [0, 0.05) is 0 Å². The fraction of sp³-hybridized carbons (Fsp3) is 0.722. The predicted molar refractivity (Wildman–Crippen MR) is 165 cm³/mol. The third kappa shape index (κ3) is 5.41. The third-order valence-corrected chi connectivity index (χ3v) is 13.7. The molecule has 4 heteroatoms. The summed E-state index contributed by atoms with van der Waals surface area (Å²) in [6.45, 7) is 16.6. The molecule has 0 radical (unpaired) electrons. The Balaban J connectivity index is 1.28. The second kappa shape index (κ2) is 11.4. The van der Waals surface area contributed by atoms with E-state index in [0.29, 0.717) is 23.2 Å². The van der Waals surface area contributed by atoms with E-state index in [1.807, 2.05) is 19.1 Å². The zero-order chi connectivity index (χ0) is 28.9. The molecule has 40 heavy (non-hydrogen) atoms. The van der Waals surface area contributed by atoms with Crippen molar-refractivity contribution in [2.45, 2.75) is 117 Å². The number of hydrogen-bond acceptors (Lipinski definition) is 3. The molecule has 3 fully saturated rings. The highest BCUT2D eigenvalue weighted by Gasteiger charge is 2.59. The van der Waals surface area contributed by atoms with E-state index in [1.54, 1.807) is 12.1 Å². The standard InChI is InChI=1S/C36H54O3S/c1-8-27(24(2)3)12-11-26(5)32-17-18-33-31-16-13-28-23-29(39-40(37,38)30-14-9-25(4)10-15-30)19-21-35(28,6)34(31)20-22-36(32,33)7/h9-15,24,26-27,29,31-34H,8,16-23H2,1-7H3/b12-11-/t26-,27-,29+,31+,32-,33+,34+,35+,36-/m1/s1. The van der Waals surface area contributed by atoms with Gasteiger partial charge in [-0.3, -0.25) is 4.18 Å². The molecule has 9 atom stereocenters. The fourth-order valence-electron chi connectivity index (χ4n) is 9.84. The first-order valence-electron chi connectivity index (χ1n) is 16.3.